The van der Waals surface area contributed by atoms with Crippen LogP contribution in [0.3, 0.4) is 0 Å². The number of ketones is 1. The van der Waals surface area contributed by atoms with Gasteiger partial charge in [-0.15, -0.1) is 0 Å². The Morgan fingerprint density at radius 1 is 1.00 bits per heavy atom. The van der Waals surface area contributed by atoms with Crippen LogP contribution in [0.25, 0.3) is 5.76 Å². The Morgan fingerprint density at radius 2 is 1.71 bits per heavy atom. The highest BCUT2D eigenvalue weighted by Gasteiger charge is 2.47. The third kappa shape index (κ3) is 3.46. The van der Waals surface area contributed by atoms with E-state index in [1.807, 2.05) is 32.0 Å². The number of aliphatic hydroxyl groups is 1. The zero-order valence-electron chi connectivity index (χ0n) is 17.5. The van der Waals surface area contributed by atoms with E-state index in [1.54, 1.807) is 48.8 Å². The molecule has 2 aromatic carbocycles. The van der Waals surface area contributed by atoms with Crippen molar-refractivity contribution < 1.29 is 19.4 Å². The van der Waals surface area contributed by atoms with Crippen molar-refractivity contribution in [3.8, 4) is 5.75 Å². The maximum absolute atomic E-state index is 13.2. The number of carbonyl (C=O) groups is 2. The molecule has 156 valence electrons. The number of methoxy groups -OCH3 is 1. The number of amides is 1. The number of anilines is 1. The molecule has 1 saturated heterocycles. The molecule has 1 fully saturated rings. The quantitative estimate of drug-likeness (QED) is 0.390. The summed E-state index contributed by atoms with van der Waals surface area (Å²) in [6.45, 7) is 3.93. The molecule has 1 aliphatic rings. The SMILES string of the molecule is COc1ccccc1/C(O)=C1\C(=O)C(=O)N(c2ccc(C)c(C)c2)C1c1ccncc1. The Morgan fingerprint density at radius 3 is 2.39 bits per heavy atom. The van der Waals surface area contributed by atoms with Crippen molar-refractivity contribution in [3.05, 3.63) is 94.8 Å². The molecule has 4 rings (SSSR count). The van der Waals surface area contributed by atoms with E-state index in [2.05, 4.69) is 4.98 Å². The third-order valence-electron chi connectivity index (χ3n) is 5.60. The van der Waals surface area contributed by atoms with Gasteiger partial charge in [-0.2, -0.15) is 0 Å². The molecule has 1 atom stereocenters. The molecular weight excluding hydrogens is 392 g/mol. The summed E-state index contributed by atoms with van der Waals surface area (Å²) in [5.41, 5.74) is 3.70. The molecule has 0 aliphatic carbocycles. The van der Waals surface area contributed by atoms with Gasteiger partial charge in [-0.25, -0.2) is 0 Å². The van der Waals surface area contributed by atoms with Crippen LogP contribution in [-0.2, 0) is 9.59 Å². The summed E-state index contributed by atoms with van der Waals surface area (Å²) in [6.07, 6.45) is 3.19. The van der Waals surface area contributed by atoms with E-state index >= 15 is 0 Å². The molecule has 1 aliphatic heterocycles. The molecular formula is C25H22N2O4. The van der Waals surface area contributed by atoms with Gasteiger partial charge in [0.1, 0.15) is 11.5 Å². The van der Waals surface area contributed by atoms with Gasteiger partial charge in [0, 0.05) is 18.1 Å². The van der Waals surface area contributed by atoms with E-state index in [1.165, 1.54) is 12.0 Å². The van der Waals surface area contributed by atoms with E-state index in [4.69, 9.17) is 4.74 Å². The minimum absolute atomic E-state index is 0.0129. The Hall–Kier alpha value is -3.93. The van der Waals surface area contributed by atoms with Gasteiger partial charge >= 0.3 is 0 Å². The molecule has 31 heavy (non-hydrogen) atoms. The van der Waals surface area contributed by atoms with E-state index in [9.17, 15) is 14.7 Å². The third-order valence-corrected chi connectivity index (χ3v) is 5.60. The number of para-hydroxylation sites is 1. The second-order valence-electron chi connectivity index (χ2n) is 7.42. The molecule has 0 bridgehead atoms. The van der Waals surface area contributed by atoms with Gasteiger partial charge in [0.25, 0.3) is 11.7 Å². The Labute approximate surface area is 180 Å². The first kappa shape index (κ1) is 20.3. The summed E-state index contributed by atoms with van der Waals surface area (Å²) < 4.78 is 5.36. The van der Waals surface area contributed by atoms with E-state index in [-0.39, 0.29) is 11.3 Å². The van der Waals surface area contributed by atoms with Crippen molar-refractivity contribution in [1.29, 1.82) is 0 Å². The molecule has 0 saturated carbocycles. The van der Waals surface area contributed by atoms with Crippen LogP contribution < -0.4 is 9.64 Å². The Bertz CT molecular complexity index is 1200. The number of hydrogen-bond acceptors (Lipinski definition) is 5. The number of ether oxygens (including phenoxy) is 1. The first-order chi connectivity index (χ1) is 14.9. The van der Waals surface area contributed by atoms with Crippen LogP contribution in [0, 0.1) is 13.8 Å². The van der Waals surface area contributed by atoms with E-state index in [0.29, 0.717) is 22.6 Å². The minimum Gasteiger partial charge on any atom is -0.507 e. The maximum atomic E-state index is 13.2. The fraction of sp³-hybridized carbons (Fsp3) is 0.160. The fourth-order valence-corrected chi connectivity index (χ4v) is 3.82. The maximum Gasteiger partial charge on any atom is 0.300 e. The first-order valence-corrected chi connectivity index (χ1v) is 9.85. The van der Waals surface area contributed by atoms with Crippen LogP contribution in [-0.4, -0.2) is 28.9 Å². The van der Waals surface area contributed by atoms with Crippen molar-refractivity contribution in [2.24, 2.45) is 0 Å². The topological polar surface area (TPSA) is 79.7 Å². The molecule has 2 heterocycles. The van der Waals surface area contributed by atoms with Gasteiger partial charge in [-0.05, 0) is 66.9 Å². The van der Waals surface area contributed by atoms with Gasteiger partial charge in [0.15, 0.2) is 0 Å². The average Bonchev–Trinajstić information content (AvgIpc) is 3.06. The van der Waals surface area contributed by atoms with Crippen LogP contribution in [0.15, 0.2) is 72.6 Å². The molecule has 6 heteroatoms. The summed E-state index contributed by atoms with van der Waals surface area (Å²) in [4.78, 5) is 31.8. The largest absolute Gasteiger partial charge is 0.507 e. The van der Waals surface area contributed by atoms with Gasteiger partial charge in [-0.3, -0.25) is 19.5 Å². The highest BCUT2D eigenvalue weighted by atomic mass is 16.5. The normalized spacial score (nSPS) is 17.8. The molecule has 1 aromatic heterocycles. The van der Waals surface area contributed by atoms with Gasteiger partial charge in [0.2, 0.25) is 0 Å². The highest BCUT2D eigenvalue weighted by molar-refractivity contribution is 6.51. The number of hydrogen-bond donors (Lipinski definition) is 1. The molecule has 0 spiro atoms. The smallest absolute Gasteiger partial charge is 0.300 e. The minimum atomic E-state index is -0.796. The lowest BCUT2D eigenvalue weighted by Gasteiger charge is -2.26. The summed E-state index contributed by atoms with van der Waals surface area (Å²) in [5.74, 6) is -1.31. The van der Waals surface area contributed by atoms with Crippen LogP contribution >= 0.6 is 0 Å². The van der Waals surface area contributed by atoms with Crippen molar-refractivity contribution >= 4 is 23.1 Å². The van der Waals surface area contributed by atoms with Crippen molar-refractivity contribution in [2.45, 2.75) is 19.9 Å². The van der Waals surface area contributed by atoms with Crippen molar-refractivity contribution in [2.75, 3.05) is 12.0 Å². The van der Waals surface area contributed by atoms with Crippen LogP contribution in [0.1, 0.15) is 28.3 Å². The molecule has 1 N–H and O–H groups in total. The van der Waals surface area contributed by atoms with Crippen LogP contribution in [0.4, 0.5) is 5.69 Å². The van der Waals surface area contributed by atoms with Crippen LogP contribution in [0.2, 0.25) is 0 Å². The van der Waals surface area contributed by atoms with E-state index in [0.717, 1.165) is 11.1 Å². The number of Topliss-reactive ketones (excluding diaryl/α,β-unsaturated/α-hetero) is 1. The number of pyridine rings is 1. The number of aryl methyl sites for hydroxylation is 2. The lowest BCUT2D eigenvalue weighted by Crippen LogP contribution is -2.29. The van der Waals surface area contributed by atoms with Gasteiger partial charge in [-0.1, -0.05) is 18.2 Å². The number of rotatable bonds is 4. The summed E-state index contributed by atoms with van der Waals surface area (Å²) in [5, 5.41) is 11.2. The highest BCUT2D eigenvalue weighted by Crippen LogP contribution is 2.43. The second-order valence-corrected chi connectivity index (χ2v) is 7.42. The lowest BCUT2D eigenvalue weighted by atomic mass is 9.95. The molecule has 6 nitrogen and oxygen atoms in total. The van der Waals surface area contributed by atoms with Crippen molar-refractivity contribution in [3.63, 3.8) is 0 Å². The van der Waals surface area contributed by atoms with Crippen molar-refractivity contribution in [1.82, 2.24) is 4.98 Å². The second kappa shape index (κ2) is 8.07. The monoisotopic (exact) mass is 414 g/mol. The molecule has 1 unspecified atom stereocenters. The zero-order chi connectivity index (χ0) is 22.1. The molecule has 3 aromatic rings. The Balaban J connectivity index is 1.97. The number of benzene rings is 2. The summed E-state index contributed by atoms with van der Waals surface area (Å²) >= 11 is 0. The van der Waals surface area contributed by atoms with E-state index < -0.39 is 17.7 Å². The van der Waals surface area contributed by atoms with Gasteiger partial charge in [0.05, 0.1) is 24.3 Å². The number of nitrogens with zero attached hydrogens (tertiary/aromatic N) is 2. The van der Waals surface area contributed by atoms with Gasteiger partial charge < -0.3 is 9.84 Å². The first-order valence-electron chi connectivity index (χ1n) is 9.85. The standard InChI is InChI=1S/C25H22N2O4/c1-15-8-9-18(14-16(15)2)27-22(17-10-12-26-13-11-17)21(24(29)25(27)30)23(28)19-6-4-5-7-20(19)31-3/h4-14,22,28H,1-3H3/b23-21+. The number of aliphatic hydroxyl groups excluding tert-OH is 1. The predicted molar refractivity (Wildman–Crippen MR) is 118 cm³/mol. The number of aromatic nitrogens is 1. The number of carbonyl (C=O) groups excluding carboxylic acids is 2. The zero-order valence-corrected chi connectivity index (χ0v) is 17.5. The molecule has 1 amide bonds. The lowest BCUT2D eigenvalue weighted by molar-refractivity contribution is -0.132. The fourth-order valence-electron chi connectivity index (χ4n) is 3.82. The summed E-state index contributed by atoms with van der Waals surface area (Å²) in [7, 11) is 1.49. The molecule has 0 radical (unpaired) electrons. The average molecular weight is 414 g/mol. The predicted octanol–water partition coefficient (Wildman–Crippen LogP) is 4.33. The summed E-state index contributed by atoms with van der Waals surface area (Å²) in [6, 6.07) is 15.1. The van der Waals surface area contributed by atoms with Crippen LogP contribution in [0.5, 0.6) is 5.75 Å². The Kier molecular flexibility index (Phi) is 5.29.